The van der Waals surface area contributed by atoms with Crippen LogP contribution in [0.1, 0.15) is 26.2 Å². The lowest BCUT2D eigenvalue weighted by Gasteiger charge is -2.37. The molecular weight excluding hydrogens is 392 g/mol. The molecule has 0 aromatic heterocycles. The smallest absolute Gasteiger partial charge is 0.241 e. The average molecular weight is 423 g/mol. The standard InChI is InChI=1S/C20H30N4O4S/c1-17(21-29(27,28)18-8-4-2-5-9-18)20(26)24-14-12-22(13-15-24)16-19(25)23-10-6-3-7-11-23/h2,4-5,8-9,17,21H,3,6-7,10-16H2,1H3/t17-/m0/s1. The van der Waals surface area contributed by atoms with Crippen LogP contribution in [0.2, 0.25) is 0 Å². The summed E-state index contributed by atoms with van der Waals surface area (Å²) >= 11 is 0. The average Bonchev–Trinajstić information content (AvgIpc) is 2.74. The third kappa shape index (κ3) is 5.77. The van der Waals surface area contributed by atoms with Crippen molar-refractivity contribution in [3.05, 3.63) is 30.3 Å². The number of nitrogens with zero attached hydrogens (tertiary/aromatic N) is 3. The summed E-state index contributed by atoms with van der Waals surface area (Å²) in [5, 5.41) is 0. The van der Waals surface area contributed by atoms with Crippen molar-refractivity contribution >= 4 is 21.8 Å². The highest BCUT2D eigenvalue weighted by Gasteiger charge is 2.29. The first-order valence-electron chi connectivity index (χ1n) is 10.2. The minimum atomic E-state index is -3.74. The highest BCUT2D eigenvalue weighted by molar-refractivity contribution is 7.89. The van der Waals surface area contributed by atoms with Gasteiger partial charge in [-0.05, 0) is 38.3 Å². The van der Waals surface area contributed by atoms with E-state index in [2.05, 4.69) is 9.62 Å². The Hall–Kier alpha value is -1.97. The third-order valence-corrected chi connectivity index (χ3v) is 7.06. The molecule has 0 unspecified atom stereocenters. The maximum absolute atomic E-state index is 12.7. The molecule has 9 heteroatoms. The van der Waals surface area contributed by atoms with Gasteiger partial charge in [0.2, 0.25) is 21.8 Å². The van der Waals surface area contributed by atoms with Gasteiger partial charge >= 0.3 is 0 Å². The largest absolute Gasteiger partial charge is 0.342 e. The molecule has 1 N–H and O–H groups in total. The number of hydrogen-bond acceptors (Lipinski definition) is 5. The lowest BCUT2D eigenvalue weighted by Crippen LogP contribution is -2.55. The normalized spacial score (nSPS) is 19.8. The van der Waals surface area contributed by atoms with Gasteiger partial charge in [0.05, 0.1) is 17.5 Å². The first kappa shape index (κ1) is 21.7. The van der Waals surface area contributed by atoms with E-state index < -0.39 is 16.1 Å². The van der Waals surface area contributed by atoms with E-state index in [0.717, 1.165) is 25.9 Å². The summed E-state index contributed by atoms with van der Waals surface area (Å²) in [6, 6.07) is 7.18. The lowest BCUT2D eigenvalue weighted by molar-refractivity contribution is -0.136. The van der Waals surface area contributed by atoms with E-state index in [-0.39, 0.29) is 16.7 Å². The Bertz CT molecular complexity index is 801. The van der Waals surface area contributed by atoms with Crippen molar-refractivity contribution < 1.29 is 18.0 Å². The fourth-order valence-corrected chi connectivity index (χ4v) is 5.00. The van der Waals surface area contributed by atoms with E-state index in [1.165, 1.54) is 18.6 Å². The molecule has 160 valence electrons. The molecule has 0 aliphatic carbocycles. The first-order chi connectivity index (χ1) is 13.9. The summed E-state index contributed by atoms with van der Waals surface area (Å²) in [7, 11) is -3.74. The molecule has 0 bridgehead atoms. The van der Waals surface area contributed by atoms with Gasteiger partial charge in [-0.3, -0.25) is 14.5 Å². The fraction of sp³-hybridized carbons (Fsp3) is 0.600. The summed E-state index contributed by atoms with van der Waals surface area (Å²) < 4.78 is 27.3. The van der Waals surface area contributed by atoms with E-state index in [1.807, 2.05) is 4.90 Å². The van der Waals surface area contributed by atoms with E-state index in [4.69, 9.17) is 0 Å². The Balaban J connectivity index is 1.47. The topological polar surface area (TPSA) is 90.0 Å². The third-order valence-electron chi connectivity index (χ3n) is 5.51. The molecule has 0 spiro atoms. The Labute approximate surface area is 172 Å². The Morgan fingerprint density at radius 2 is 1.55 bits per heavy atom. The van der Waals surface area contributed by atoms with Gasteiger partial charge in [-0.1, -0.05) is 18.2 Å². The van der Waals surface area contributed by atoms with E-state index in [0.29, 0.717) is 32.7 Å². The molecule has 2 fully saturated rings. The molecule has 1 aromatic rings. The first-order valence-corrected chi connectivity index (χ1v) is 11.7. The molecule has 2 aliphatic rings. The van der Waals surface area contributed by atoms with Crippen molar-refractivity contribution in [2.24, 2.45) is 0 Å². The minimum absolute atomic E-state index is 0.140. The number of amides is 2. The van der Waals surface area contributed by atoms with Crippen LogP contribution in [-0.4, -0.2) is 86.8 Å². The van der Waals surface area contributed by atoms with E-state index >= 15 is 0 Å². The Morgan fingerprint density at radius 3 is 2.17 bits per heavy atom. The number of piperazine rings is 1. The van der Waals surface area contributed by atoms with Crippen LogP contribution in [0.15, 0.2) is 35.2 Å². The molecular formula is C20H30N4O4S. The van der Waals surface area contributed by atoms with Crippen molar-refractivity contribution in [2.75, 3.05) is 45.8 Å². The van der Waals surface area contributed by atoms with Crippen LogP contribution in [0.5, 0.6) is 0 Å². The van der Waals surface area contributed by atoms with Gasteiger partial charge in [-0.2, -0.15) is 4.72 Å². The number of piperidine rings is 1. The summed E-state index contributed by atoms with van der Waals surface area (Å²) in [5.41, 5.74) is 0. The molecule has 0 radical (unpaired) electrons. The van der Waals surface area contributed by atoms with Gasteiger partial charge in [0.1, 0.15) is 0 Å². The number of likely N-dealkylation sites (tertiary alicyclic amines) is 1. The molecule has 1 atom stereocenters. The van der Waals surface area contributed by atoms with Gasteiger partial charge in [-0.15, -0.1) is 0 Å². The van der Waals surface area contributed by atoms with E-state index in [9.17, 15) is 18.0 Å². The molecule has 2 saturated heterocycles. The predicted molar refractivity (Wildman–Crippen MR) is 110 cm³/mol. The van der Waals surface area contributed by atoms with Crippen LogP contribution in [0, 0.1) is 0 Å². The number of benzene rings is 1. The zero-order valence-corrected chi connectivity index (χ0v) is 17.7. The molecule has 2 aliphatic heterocycles. The number of nitrogens with one attached hydrogen (secondary N) is 1. The van der Waals surface area contributed by atoms with Crippen molar-refractivity contribution in [3.8, 4) is 0 Å². The molecule has 1 aromatic carbocycles. The van der Waals surface area contributed by atoms with Crippen molar-refractivity contribution in [2.45, 2.75) is 37.1 Å². The van der Waals surface area contributed by atoms with Gasteiger partial charge in [0.15, 0.2) is 0 Å². The molecule has 29 heavy (non-hydrogen) atoms. The zero-order chi connectivity index (χ0) is 20.9. The lowest BCUT2D eigenvalue weighted by atomic mass is 10.1. The fourth-order valence-electron chi connectivity index (χ4n) is 3.79. The number of sulfonamides is 1. The van der Waals surface area contributed by atoms with Crippen LogP contribution in [0.25, 0.3) is 0 Å². The highest BCUT2D eigenvalue weighted by atomic mass is 32.2. The van der Waals surface area contributed by atoms with Gasteiger partial charge in [0.25, 0.3) is 0 Å². The van der Waals surface area contributed by atoms with E-state index in [1.54, 1.807) is 30.0 Å². The van der Waals surface area contributed by atoms with Crippen molar-refractivity contribution in [1.82, 2.24) is 19.4 Å². The van der Waals surface area contributed by atoms with Crippen LogP contribution in [0.3, 0.4) is 0 Å². The summed E-state index contributed by atoms with van der Waals surface area (Å²) in [6.07, 6.45) is 3.34. The van der Waals surface area contributed by atoms with Crippen molar-refractivity contribution in [3.63, 3.8) is 0 Å². The maximum Gasteiger partial charge on any atom is 0.241 e. The number of carbonyl (C=O) groups excluding carboxylic acids is 2. The molecule has 2 amide bonds. The predicted octanol–water partition coefficient (Wildman–Crippen LogP) is 0.510. The quantitative estimate of drug-likeness (QED) is 0.722. The number of rotatable bonds is 6. The number of hydrogen-bond donors (Lipinski definition) is 1. The Kier molecular flexibility index (Phi) is 7.26. The summed E-state index contributed by atoms with van der Waals surface area (Å²) in [4.78, 5) is 30.9. The van der Waals surface area contributed by atoms with Crippen LogP contribution in [-0.2, 0) is 19.6 Å². The van der Waals surface area contributed by atoms with Crippen LogP contribution >= 0.6 is 0 Å². The molecule has 8 nitrogen and oxygen atoms in total. The van der Waals surface area contributed by atoms with Crippen molar-refractivity contribution in [1.29, 1.82) is 0 Å². The maximum atomic E-state index is 12.7. The zero-order valence-electron chi connectivity index (χ0n) is 16.9. The summed E-state index contributed by atoms with van der Waals surface area (Å²) in [6.45, 7) is 5.85. The molecule has 0 saturated carbocycles. The summed E-state index contributed by atoms with van der Waals surface area (Å²) in [5.74, 6) is -0.0834. The SMILES string of the molecule is C[C@H](NS(=O)(=O)c1ccccc1)C(=O)N1CCN(CC(=O)N2CCCCC2)CC1. The molecule has 2 heterocycles. The monoisotopic (exact) mass is 422 g/mol. The van der Waals surface area contributed by atoms with Gasteiger partial charge < -0.3 is 9.80 Å². The second-order valence-electron chi connectivity index (χ2n) is 7.70. The second-order valence-corrected chi connectivity index (χ2v) is 9.41. The van der Waals surface area contributed by atoms with Gasteiger partial charge in [0, 0.05) is 39.3 Å². The Morgan fingerprint density at radius 1 is 0.931 bits per heavy atom. The van der Waals surface area contributed by atoms with Crippen LogP contribution < -0.4 is 4.72 Å². The molecule has 3 rings (SSSR count). The van der Waals surface area contributed by atoms with Gasteiger partial charge in [-0.25, -0.2) is 8.42 Å². The van der Waals surface area contributed by atoms with Crippen LogP contribution in [0.4, 0.5) is 0 Å². The minimum Gasteiger partial charge on any atom is -0.342 e. The second kappa shape index (κ2) is 9.69. The highest BCUT2D eigenvalue weighted by Crippen LogP contribution is 2.12. The number of carbonyl (C=O) groups is 2.